The van der Waals surface area contributed by atoms with Gasteiger partial charge in [0.2, 0.25) is 17.5 Å². The van der Waals surface area contributed by atoms with Crippen LogP contribution >= 0.6 is 0 Å². The molecule has 1 aliphatic rings. The fourth-order valence-electron chi connectivity index (χ4n) is 3.85. The molecule has 0 bridgehead atoms. The maximum Gasteiger partial charge on any atom is 0.302 e. The van der Waals surface area contributed by atoms with Crippen molar-refractivity contribution in [2.45, 2.75) is 37.6 Å². The molecule has 198 valence electrons. The molecule has 0 spiro atoms. The number of phenolic OH excluding ortho intramolecular Hbond substituents is 3. The van der Waals surface area contributed by atoms with Crippen molar-refractivity contribution in [3.63, 3.8) is 0 Å². The molecule has 2 heterocycles. The van der Waals surface area contributed by atoms with E-state index >= 15 is 0 Å². The highest BCUT2D eigenvalue weighted by Crippen LogP contribution is 2.39. The van der Waals surface area contributed by atoms with Crippen molar-refractivity contribution in [3.05, 3.63) is 40.6 Å². The van der Waals surface area contributed by atoms with Crippen molar-refractivity contribution in [1.29, 1.82) is 0 Å². The molecule has 13 nitrogen and oxygen atoms in total. The van der Waals surface area contributed by atoms with Crippen molar-refractivity contribution in [2.75, 3.05) is 13.7 Å². The number of fused-ring (bicyclic) bond motifs is 1. The third-order valence-corrected chi connectivity index (χ3v) is 5.71. The molecule has 4 rings (SSSR count). The van der Waals surface area contributed by atoms with Crippen LogP contribution in [0.1, 0.15) is 6.92 Å². The maximum absolute atomic E-state index is 13.5. The van der Waals surface area contributed by atoms with Gasteiger partial charge in [0, 0.05) is 24.6 Å². The predicted molar refractivity (Wildman–Crippen MR) is 123 cm³/mol. The van der Waals surface area contributed by atoms with Gasteiger partial charge >= 0.3 is 5.97 Å². The summed E-state index contributed by atoms with van der Waals surface area (Å²) in [6, 6.07) is 5.92. The SMILES string of the molecule is COc1cc(-c2oc3cc(O)cc(O)c3c(=O)c2O[C@@H]2O[C@@H](COC(C)=O)[C@H](O)[C@H](O)[C@@H]2O)ccc1O. The molecule has 1 saturated heterocycles. The second-order valence-electron chi connectivity index (χ2n) is 8.25. The zero-order valence-corrected chi connectivity index (χ0v) is 19.5. The molecular formula is C24H24O13. The van der Waals surface area contributed by atoms with Crippen LogP contribution in [0.2, 0.25) is 0 Å². The zero-order valence-electron chi connectivity index (χ0n) is 19.5. The highest BCUT2D eigenvalue weighted by atomic mass is 16.7. The van der Waals surface area contributed by atoms with Crippen molar-refractivity contribution in [3.8, 4) is 40.1 Å². The second-order valence-corrected chi connectivity index (χ2v) is 8.25. The summed E-state index contributed by atoms with van der Waals surface area (Å²) >= 11 is 0. The number of carbonyl (C=O) groups is 1. The Morgan fingerprint density at radius 1 is 1.00 bits per heavy atom. The number of methoxy groups -OCH3 is 1. The highest BCUT2D eigenvalue weighted by Gasteiger charge is 2.46. The molecular weight excluding hydrogens is 496 g/mol. The quantitative estimate of drug-likeness (QED) is 0.243. The van der Waals surface area contributed by atoms with E-state index in [2.05, 4.69) is 0 Å². The average molecular weight is 520 g/mol. The molecule has 0 saturated carbocycles. The van der Waals surface area contributed by atoms with Gasteiger partial charge in [0.05, 0.1) is 7.11 Å². The summed E-state index contributed by atoms with van der Waals surface area (Å²) in [5, 5.41) is 60.8. The van der Waals surface area contributed by atoms with Gasteiger partial charge in [0.1, 0.15) is 53.5 Å². The van der Waals surface area contributed by atoms with E-state index in [-0.39, 0.29) is 33.8 Å². The van der Waals surface area contributed by atoms with Crippen LogP contribution in [0, 0.1) is 0 Å². The minimum absolute atomic E-state index is 0.0129. The van der Waals surface area contributed by atoms with Crippen molar-refractivity contribution >= 4 is 16.9 Å². The first-order valence-electron chi connectivity index (χ1n) is 10.9. The molecule has 37 heavy (non-hydrogen) atoms. The van der Waals surface area contributed by atoms with E-state index in [1.807, 2.05) is 0 Å². The van der Waals surface area contributed by atoms with E-state index in [0.717, 1.165) is 19.1 Å². The second kappa shape index (κ2) is 10.1. The third-order valence-electron chi connectivity index (χ3n) is 5.71. The first-order chi connectivity index (χ1) is 17.5. The largest absolute Gasteiger partial charge is 0.508 e. The van der Waals surface area contributed by atoms with E-state index in [0.29, 0.717) is 0 Å². The number of esters is 1. The Kier molecular flexibility index (Phi) is 7.14. The van der Waals surface area contributed by atoms with Crippen LogP contribution in [-0.4, -0.2) is 81.0 Å². The fourth-order valence-corrected chi connectivity index (χ4v) is 3.85. The van der Waals surface area contributed by atoms with Crippen LogP contribution in [0.5, 0.6) is 28.7 Å². The summed E-state index contributed by atoms with van der Waals surface area (Å²) < 4.78 is 26.9. The summed E-state index contributed by atoms with van der Waals surface area (Å²) in [6.07, 6.45) is -8.43. The van der Waals surface area contributed by atoms with Gasteiger partial charge in [-0.15, -0.1) is 0 Å². The molecule has 0 aliphatic carbocycles. The molecule has 1 aromatic heterocycles. The van der Waals surface area contributed by atoms with Crippen LogP contribution in [0.25, 0.3) is 22.3 Å². The van der Waals surface area contributed by atoms with E-state index < -0.39 is 66.0 Å². The topological polar surface area (TPSA) is 206 Å². The molecule has 0 unspecified atom stereocenters. The maximum atomic E-state index is 13.5. The standard InChI is InChI=1S/C24H24O13/c1-9(25)34-8-16-18(29)20(31)21(32)24(36-16)37-23-19(30)17-13(28)6-11(26)7-15(17)35-22(23)10-3-4-12(27)14(5-10)33-2/h3-7,16,18,20-21,24,26-29,31-32H,8H2,1-2H3/t16-,18-,20-,21-,24-/m0/s1. The summed E-state index contributed by atoms with van der Waals surface area (Å²) in [4.78, 5) is 24.7. The number of hydrogen-bond acceptors (Lipinski definition) is 13. The van der Waals surface area contributed by atoms with Crippen molar-refractivity contribution < 1.29 is 58.8 Å². The van der Waals surface area contributed by atoms with Gasteiger partial charge in [-0.2, -0.15) is 0 Å². The predicted octanol–water partition coefficient (Wildman–Crippen LogP) is 0.335. The number of phenols is 3. The minimum Gasteiger partial charge on any atom is -0.508 e. The van der Waals surface area contributed by atoms with Crippen LogP contribution in [0.4, 0.5) is 0 Å². The van der Waals surface area contributed by atoms with E-state index in [9.17, 15) is 40.2 Å². The molecule has 6 N–H and O–H groups in total. The van der Waals surface area contributed by atoms with Crippen molar-refractivity contribution in [2.24, 2.45) is 0 Å². The monoisotopic (exact) mass is 520 g/mol. The summed E-state index contributed by atoms with van der Waals surface area (Å²) in [5.41, 5.74) is -1.01. The molecule has 13 heteroatoms. The Hall–Kier alpha value is -4.04. The number of ether oxygens (including phenoxy) is 4. The smallest absolute Gasteiger partial charge is 0.302 e. The van der Waals surface area contributed by atoms with E-state index in [1.165, 1.54) is 25.3 Å². The highest BCUT2D eigenvalue weighted by molar-refractivity contribution is 5.88. The Balaban J connectivity index is 1.85. The number of hydrogen-bond donors (Lipinski definition) is 6. The number of rotatable bonds is 6. The fraction of sp³-hybridized carbons (Fsp3) is 0.333. The molecule has 2 aromatic carbocycles. The lowest BCUT2D eigenvalue weighted by molar-refractivity contribution is -0.278. The van der Waals surface area contributed by atoms with Crippen LogP contribution < -0.4 is 14.9 Å². The Morgan fingerprint density at radius 3 is 2.41 bits per heavy atom. The number of benzene rings is 2. The molecule has 0 radical (unpaired) electrons. The first-order valence-corrected chi connectivity index (χ1v) is 10.9. The normalized spacial score (nSPS) is 23.5. The first kappa shape index (κ1) is 26.0. The molecule has 5 atom stereocenters. The van der Waals surface area contributed by atoms with Gasteiger partial charge in [-0.25, -0.2) is 0 Å². The number of aromatic hydroxyl groups is 3. The summed E-state index contributed by atoms with van der Waals surface area (Å²) in [7, 11) is 1.30. The average Bonchev–Trinajstić information content (AvgIpc) is 2.84. The lowest BCUT2D eigenvalue weighted by Crippen LogP contribution is -2.60. The number of aliphatic hydroxyl groups is 3. The Morgan fingerprint density at radius 2 is 1.73 bits per heavy atom. The Labute approximate surface area is 208 Å². The molecule has 1 aliphatic heterocycles. The van der Waals surface area contributed by atoms with Gasteiger partial charge in [-0.3, -0.25) is 9.59 Å². The Bertz CT molecular complexity index is 1380. The molecule has 3 aromatic rings. The number of aliphatic hydroxyl groups excluding tert-OH is 3. The molecule has 0 amide bonds. The van der Waals surface area contributed by atoms with Gasteiger partial charge < -0.3 is 54.0 Å². The lowest BCUT2D eigenvalue weighted by Gasteiger charge is -2.39. The van der Waals surface area contributed by atoms with Crippen LogP contribution in [0.3, 0.4) is 0 Å². The third kappa shape index (κ3) is 4.97. The minimum atomic E-state index is -1.87. The molecule has 1 fully saturated rings. The van der Waals surface area contributed by atoms with Crippen molar-refractivity contribution in [1.82, 2.24) is 0 Å². The number of carbonyl (C=O) groups excluding carboxylic acids is 1. The van der Waals surface area contributed by atoms with Gasteiger partial charge in [0.25, 0.3) is 0 Å². The van der Waals surface area contributed by atoms with Crippen LogP contribution in [0.15, 0.2) is 39.5 Å². The zero-order chi connectivity index (χ0) is 27.0. The van der Waals surface area contributed by atoms with Crippen LogP contribution in [-0.2, 0) is 14.3 Å². The summed E-state index contributed by atoms with van der Waals surface area (Å²) in [5.74, 6) is -2.77. The van der Waals surface area contributed by atoms with E-state index in [4.69, 9.17) is 23.4 Å². The summed E-state index contributed by atoms with van der Waals surface area (Å²) in [6.45, 7) is 0.631. The van der Waals surface area contributed by atoms with Gasteiger partial charge in [0.15, 0.2) is 17.3 Å². The lowest BCUT2D eigenvalue weighted by atomic mass is 9.99. The van der Waals surface area contributed by atoms with Gasteiger partial charge in [-0.1, -0.05) is 0 Å². The van der Waals surface area contributed by atoms with Gasteiger partial charge in [-0.05, 0) is 18.2 Å². The van der Waals surface area contributed by atoms with E-state index in [1.54, 1.807) is 0 Å².